The topological polar surface area (TPSA) is 54.2 Å². The second kappa shape index (κ2) is 7.69. The number of nitrogens with zero attached hydrogens (tertiary/aromatic N) is 4. The highest BCUT2D eigenvalue weighted by Gasteiger charge is 2.38. The fourth-order valence-corrected chi connectivity index (χ4v) is 3.26. The van der Waals surface area contributed by atoms with Gasteiger partial charge >= 0.3 is 0 Å². The molecule has 1 heterocycles. The van der Waals surface area contributed by atoms with Crippen LogP contribution in [-0.4, -0.2) is 34.0 Å². The van der Waals surface area contributed by atoms with Gasteiger partial charge in [0, 0.05) is 31.4 Å². The molecule has 2 aromatic carbocycles. The summed E-state index contributed by atoms with van der Waals surface area (Å²) in [6.45, 7) is 3.80. The van der Waals surface area contributed by atoms with Crippen LogP contribution < -0.4 is 4.90 Å². The molecule has 0 aliphatic carbocycles. The number of hydrogen-bond acceptors (Lipinski definition) is 4. The summed E-state index contributed by atoms with van der Waals surface area (Å²) in [5, 5.41) is 15.9. The average molecular weight is 405 g/mol. The van der Waals surface area contributed by atoms with E-state index < -0.39 is 17.2 Å². The Kier molecular flexibility index (Phi) is 5.49. The Morgan fingerprint density at radius 3 is 2.57 bits per heavy atom. The summed E-state index contributed by atoms with van der Waals surface area (Å²) in [4.78, 5) is 5.72. The molecular weight excluding hydrogens is 386 g/mol. The minimum atomic E-state index is -1.94. The summed E-state index contributed by atoms with van der Waals surface area (Å²) in [5.41, 5.74) is -0.617. The summed E-state index contributed by atoms with van der Waals surface area (Å²) in [6.07, 6.45) is 2.68. The van der Waals surface area contributed by atoms with Gasteiger partial charge in [0.25, 0.3) is 0 Å². The SMILES string of the molecule is C=C(c1ccc(N(C)C)cc1Cl)C(O)(Cn1cncn1)c1ccc(F)cc1F. The molecule has 1 atom stereocenters. The third-order valence-electron chi connectivity index (χ3n) is 4.53. The molecule has 0 aliphatic heterocycles. The summed E-state index contributed by atoms with van der Waals surface area (Å²) in [7, 11) is 3.74. The first-order chi connectivity index (χ1) is 13.2. The maximum Gasteiger partial charge on any atom is 0.137 e. The van der Waals surface area contributed by atoms with Gasteiger partial charge in [-0.3, -0.25) is 0 Å². The van der Waals surface area contributed by atoms with E-state index in [1.165, 1.54) is 23.4 Å². The van der Waals surface area contributed by atoms with E-state index >= 15 is 0 Å². The fraction of sp³-hybridized carbons (Fsp3) is 0.200. The van der Waals surface area contributed by atoms with Crippen LogP contribution in [-0.2, 0) is 12.1 Å². The van der Waals surface area contributed by atoms with Gasteiger partial charge in [0.05, 0.1) is 11.6 Å². The van der Waals surface area contributed by atoms with E-state index in [1.807, 2.05) is 25.1 Å². The lowest BCUT2D eigenvalue weighted by molar-refractivity contribution is 0.0726. The molecule has 0 spiro atoms. The number of aliphatic hydroxyl groups is 1. The predicted octanol–water partition coefficient (Wildman–Crippen LogP) is 3.88. The fourth-order valence-electron chi connectivity index (χ4n) is 2.97. The Hall–Kier alpha value is -2.77. The number of anilines is 1. The molecule has 1 N–H and O–H groups in total. The molecule has 0 bridgehead atoms. The Balaban J connectivity index is 2.12. The molecule has 3 rings (SSSR count). The van der Waals surface area contributed by atoms with E-state index in [-0.39, 0.29) is 17.7 Å². The average Bonchev–Trinajstić information content (AvgIpc) is 3.13. The highest BCUT2D eigenvalue weighted by Crippen LogP contribution is 2.41. The Bertz CT molecular complexity index is 1010. The van der Waals surface area contributed by atoms with Crippen molar-refractivity contribution >= 4 is 22.9 Å². The standard InChI is InChI=1S/C20H19ClF2N4O/c1-13(16-6-5-15(26(2)3)9-18(16)21)20(28,10-27-12-24-11-25-27)17-7-4-14(22)8-19(17)23/h4-9,11-12,28H,1,10H2,2-3H3. The van der Waals surface area contributed by atoms with Crippen LogP contribution in [0.25, 0.3) is 5.57 Å². The highest BCUT2D eigenvalue weighted by atomic mass is 35.5. The third-order valence-corrected chi connectivity index (χ3v) is 4.84. The van der Waals surface area contributed by atoms with Gasteiger partial charge in [-0.1, -0.05) is 24.2 Å². The zero-order chi connectivity index (χ0) is 20.5. The number of aromatic nitrogens is 3. The second-order valence-corrected chi connectivity index (χ2v) is 7.02. The first kappa shape index (κ1) is 20.0. The van der Waals surface area contributed by atoms with Crippen LogP contribution in [0.3, 0.4) is 0 Å². The molecule has 8 heteroatoms. The van der Waals surface area contributed by atoms with Crippen LogP contribution in [0.15, 0.2) is 55.6 Å². The second-order valence-electron chi connectivity index (χ2n) is 6.61. The van der Waals surface area contributed by atoms with Crippen LogP contribution in [0.2, 0.25) is 5.02 Å². The zero-order valence-corrected chi connectivity index (χ0v) is 16.2. The normalized spacial score (nSPS) is 13.2. The predicted molar refractivity (Wildman–Crippen MR) is 105 cm³/mol. The largest absolute Gasteiger partial charge is 0.378 e. The molecule has 0 saturated carbocycles. The van der Waals surface area contributed by atoms with E-state index in [1.54, 1.807) is 12.1 Å². The summed E-state index contributed by atoms with van der Waals surface area (Å²) in [6, 6.07) is 8.21. The monoisotopic (exact) mass is 404 g/mol. The molecule has 0 amide bonds. The molecule has 0 aliphatic rings. The molecule has 28 heavy (non-hydrogen) atoms. The molecule has 5 nitrogen and oxygen atoms in total. The van der Waals surface area contributed by atoms with Gasteiger partial charge in [-0.2, -0.15) is 5.10 Å². The zero-order valence-electron chi connectivity index (χ0n) is 15.4. The van der Waals surface area contributed by atoms with Gasteiger partial charge in [0.15, 0.2) is 0 Å². The quantitative estimate of drug-likeness (QED) is 0.677. The first-order valence-electron chi connectivity index (χ1n) is 8.39. The van der Waals surface area contributed by atoms with Crippen molar-refractivity contribution in [1.29, 1.82) is 0 Å². The Labute approximate surface area is 166 Å². The van der Waals surface area contributed by atoms with E-state index in [0.29, 0.717) is 16.7 Å². The number of rotatable bonds is 6. The van der Waals surface area contributed by atoms with Gasteiger partial charge in [0.1, 0.15) is 29.9 Å². The lowest BCUT2D eigenvalue weighted by Crippen LogP contribution is -2.34. The lowest BCUT2D eigenvalue weighted by Gasteiger charge is -2.32. The highest BCUT2D eigenvalue weighted by molar-refractivity contribution is 6.32. The summed E-state index contributed by atoms with van der Waals surface area (Å²) < 4.78 is 29.4. The van der Waals surface area contributed by atoms with Crippen molar-refractivity contribution in [2.45, 2.75) is 12.1 Å². The molecule has 1 unspecified atom stereocenters. The van der Waals surface area contributed by atoms with Gasteiger partial charge in [0.2, 0.25) is 0 Å². The molecule has 146 valence electrons. The van der Waals surface area contributed by atoms with Crippen molar-refractivity contribution in [2.24, 2.45) is 0 Å². The Morgan fingerprint density at radius 1 is 1.25 bits per heavy atom. The van der Waals surface area contributed by atoms with Crippen molar-refractivity contribution in [3.8, 4) is 0 Å². The summed E-state index contributed by atoms with van der Waals surface area (Å²) >= 11 is 6.42. The molecule has 0 saturated heterocycles. The smallest absolute Gasteiger partial charge is 0.137 e. The van der Waals surface area contributed by atoms with Gasteiger partial charge < -0.3 is 10.0 Å². The number of hydrogen-bond donors (Lipinski definition) is 1. The van der Waals surface area contributed by atoms with E-state index in [9.17, 15) is 13.9 Å². The molecule has 0 radical (unpaired) electrons. The van der Waals surface area contributed by atoms with Crippen LogP contribution in [0.5, 0.6) is 0 Å². The molecule has 3 aromatic rings. The van der Waals surface area contributed by atoms with Crippen LogP contribution >= 0.6 is 11.6 Å². The molecular formula is C20H19ClF2N4O. The number of benzene rings is 2. The number of halogens is 3. The van der Waals surface area contributed by atoms with Gasteiger partial charge in [-0.15, -0.1) is 0 Å². The molecule has 0 fully saturated rings. The maximum absolute atomic E-state index is 14.6. The maximum atomic E-state index is 14.6. The van der Waals surface area contributed by atoms with Gasteiger partial charge in [-0.25, -0.2) is 18.4 Å². The van der Waals surface area contributed by atoms with Crippen LogP contribution in [0.1, 0.15) is 11.1 Å². The van der Waals surface area contributed by atoms with Crippen LogP contribution in [0, 0.1) is 11.6 Å². The first-order valence-corrected chi connectivity index (χ1v) is 8.77. The lowest BCUT2D eigenvalue weighted by atomic mass is 9.82. The van der Waals surface area contributed by atoms with Crippen molar-refractivity contribution in [3.05, 3.63) is 83.4 Å². The summed E-state index contributed by atoms with van der Waals surface area (Å²) in [5.74, 6) is -1.65. The molecule has 1 aromatic heterocycles. The van der Waals surface area contributed by atoms with Crippen molar-refractivity contribution < 1.29 is 13.9 Å². The van der Waals surface area contributed by atoms with E-state index in [2.05, 4.69) is 16.7 Å². The van der Waals surface area contributed by atoms with Crippen LogP contribution in [0.4, 0.5) is 14.5 Å². The van der Waals surface area contributed by atoms with E-state index in [4.69, 9.17) is 11.6 Å². The third kappa shape index (κ3) is 3.76. The van der Waals surface area contributed by atoms with Crippen molar-refractivity contribution in [1.82, 2.24) is 14.8 Å². The van der Waals surface area contributed by atoms with Crippen molar-refractivity contribution in [3.63, 3.8) is 0 Å². The van der Waals surface area contributed by atoms with Gasteiger partial charge in [-0.05, 0) is 35.4 Å². The minimum absolute atomic E-state index is 0.137. The minimum Gasteiger partial charge on any atom is -0.378 e. The van der Waals surface area contributed by atoms with Crippen molar-refractivity contribution in [2.75, 3.05) is 19.0 Å². The van der Waals surface area contributed by atoms with E-state index in [0.717, 1.165) is 11.8 Å². The Morgan fingerprint density at radius 2 is 2.00 bits per heavy atom.